The molecule has 0 bridgehead atoms. The number of unbranched alkanes of at least 4 members (excludes halogenated alkanes) is 2. The fourth-order valence-electron chi connectivity index (χ4n) is 4.80. The Morgan fingerprint density at radius 3 is 2.00 bits per heavy atom. The maximum absolute atomic E-state index is 11.0. The summed E-state index contributed by atoms with van der Waals surface area (Å²) in [4.78, 5) is 15.4. The SMILES string of the molecule is O=C(O)CCCCCN1CCN(C[C@@H](O)Cn2c3ccc(Br)cc3c3cc(Br)ccc32)CC1. The van der Waals surface area contributed by atoms with E-state index in [0.717, 1.165) is 72.0 Å². The van der Waals surface area contributed by atoms with Crippen LogP contribution in [0.4, 0.5) is 0 Å². The predicted octanol–water partition coefficient (Wildman–Crippen LogP) is 4.94. The van der Waals surface area contributed by atoms with E-state index >= 15 is 0 Å². The van der Waals surface area contributed by atoms with Crippen LogP contribution >= 0.6 is 31.9 Å². The number of benzene rings is 2. The molecule has 0 unspecified atom stereocenters. The molecule has 2 heterocycles. The fourth-order valence-corrected chi connectivity index (χ4v) is 5.52. The van der Waals surface area contributed by atoms with Gasteiger partial charge in [0.1, 0.15) is 0 Å². The monoisotopic (exact) mass is 579 g/mol. The zero-order chi connectivity index (χ0) is 23.4. The van der Waals surface area contributed by atoms with E-state index < -0.39 is 12.1 Å². The molecule has 2 N–H and O–H groups in total. The van der Waals surface area contributed by atoms with Gasteiger partial charge in [-0.1, -0.05) is 38.3 Å². The van der Waals surface area contributed by atoms with Gasteiger partial charge in [0.05, 0.1) is 12.6 Å². The van der Waals surface area contributed by atoms with E-state index in [-0.39, 0.29) is 6.42 Å². The Hall–Kier alpha value is -1.45. The van der Waals surface area contributed by atoms with Crippen LogP contribution in [0.5, 0.6) is 0 Å². The van der Waals surface area contributed by atoms with Crippen molar-refractivity contribution in [3.8, 4) is 0 Å². The number of piperazine rings is 1. The van der Waals surface area contributed by atoms with E-state index in [1.165, 1.54) is 10.8 Å². The minimum absolute atomic E-state index is 0.270. The summed E-state index contributed by atoms with van der Waals surface area (Å²) in [5, 5.41) is 22.1. The largest absolute Gasteiger partial charge is 0.481 e. The second-order valence-corrected chi connectivity index (χ2v) is 10.8. The van der Waals surface area contributed by atoms with Crippen molar-refractivity contribution in [1.82, 2.24) is 14.4 Å². The van der Waals surface area contributed by atoms with Crippen LogP contribution in [-0.4, -0.2) is 75.9 Å². The number of nitrogens with zero attached hydrogens (tertiary/aromatic N) is 3. The van der Waals surface area contributed by atoms with Crippen LogP contribution in [0.15, 0.2) is 45.3 Å². The third kappa shape index (κ3) is 6.36. The van der Waals surface area contributed by atoms with Gasteiger partial charge in [0.2, 0.25) is 0 Å². The van der Waals surface area contributed by atoms with Gasteiger partial charge in [0.25, 0.3) is 0 Å². The van der Waals surface area contributed by atoms with E-state index in [9.17, 15) is 9.90 Å². The Balaban J connectivity index is 1.32. The van der Waals surface area contributed by atoms with Crippen molar-refractivity contribution < 1.29 is 15.0 Å². The first-order valence-corrected chi connectivity index (χ1v) is 13.2. The van der Waals surface area contributed by atoms with E-state index in [1.807, 2.05) is 0 Å². The number of rotatable bonds is 10. The summed E-state index contributed by atoms with van der Waals surface area (Å²) >= 11 is 7.18. The number of halogens is 2. The highest BCUT2D eigenvalue weighted by atomic mass is 79.9. The molecule has 1 aliphatic heterocycles. The average Bonchev–Trinajstić information content (AvgIpc) is 3.06. The number of fused-ring (bicyclic) bond motifs is 3. The Bertz CT molecular complexity index is 1050. The van der Waals surface area contributed by atoms with Gasteiger partial charge in [-0.25, -0.2) is 0 Å². The Morgan fingerprint density at radius 2 is 1.42 bits per heavy atom. The van der Waals surface area contributed by atoms with Crippen LogP contribution in [0.25, 0.3) is 21.8 Å². The molecule has 0 radical (unpaired) electrons. The molecule has 33 heavy (non-hydrogen) atoms. The zero-order valence-corrected chi connectivity index (χ0v) is 21.9. The summed E-state index contributed by atoms with van der Waals surface area (Å²) in [6.45, 7) is 6.18. The third-order valence-electron chi connectivity index (χ3n) is 6.48. The van der Waals surface area contributed by atoms with Gasteiger partial charge in [0.15, 0.2) is 0 Å². The molecule has 6 nitrogen and oxygen atoms in total. The molecule has 178 valence electrons. The number of carboxylic acid groups (broad SMARTS) is 1. The van der Waals surface area contributed by atoms with Crippen LogP contribution in [0, 0.1) is 0 Å². The fraction of sp³-hybridized carbons (Fsp3) is 0.480. The van der Waals surface area contributed by atoms with Crippen molar-refractivity contribution in [1.29, 1.82) is 0 Å². The van der Waals surface area contributed by atoms with Crippen molar-refractivity contribution in [2.75, 3.05) is 39.3 Å². The van der Waals surface area contributed by atoms with Gasteiger partial charge in [-0.3, -0.25) is 9.69 Å². The molecule has 1 aromatic heterocycles. The van der Waals surface area contributed by atoms with E-state index in [4.69, 9.17) is 5.11 Å². The number of β-amino-alcohol motifs (C(OH)–C–C–N with tert-alkyl or cyclic N) is 1. The lowest BCUT2D eigenvalue weighted by atomic mass is 10.2. The topological polar surface area (TPSA) is 68.9 Å². The standard InChI is InChI=1S/C25H31Br2N3O3/c26-18-5-7-23-21(14-18)22-15-19(27)6-8-24(22)30(23)17-20(31)16-29-12-10-28(11-13-29)9-3-1-2-4-25(32)33/h5-8,14-15,20,31H,1-4,9-13,16-17H2,(H,32,33)/t20-/m1/s1. The number of aromatic nitrogens is 1. The first-order chi connectivity index (χ1) is 15.9. The summed E-state index contributed by atoms with van der Waals surface area (Å²) in [5.74, 6) is -0.705. The minimum atomic E-state index is -0.705. The van der Waals surface area contributed by atoms with E-state index in [2.05, 4.69) is 82.6 Å². The maximum Gasteiger partial charge on any atom is 0.303 e. The Kier molecular flexibility index (Phi) is 8.46. The highest BCUT2D eigenvalue weighted by molar-refractivity contribution is 9.10. The lowest BCUT2D eigenvalue weighted by Gasteiger charge is -2.35. The summed E-state index contributed by atoms with van der Waals surface area (Å²) < 4.78 is 4.34. The van der Waals surface area contributed by atoms with Gasteiger partial charge in [-0.15, -0.1) is 0 Å². The second kappa shape index (κ2) is 11.3. The highest BCUT2D eigenvalue weighted by Gasteiger charge is 2.20. The lowest BCUT2D eigenvalue weighted by Crippen LogP contribution is -2.49. The van der Waals surface area contributed by atoms with Gasteiger partial charge in [-0.05, 0) is 55.8 Å². The molecule has 1 atom stereocenters. The Morgan fingerprint density at radius 1 is 0.848 bits per heavy atom. The molecule has 0 spiro atoms. The van der Waals surface area contributed by atoms with Gasteiger partial charge >= 0.3 is 5.97 Å². The smallest absolute Gasteiger partial charge is 0.303 e. The van der Waals surface area contributed by atoms with Crippen LogP contribution in [-0.2, 0) is 11.3 Å². The molecule has 8 heteroatoms. The quantitative estimate of drug-likeness (QED) is 0.332. The molecule has 1 saturated heterocycles. The number of aliphatic hydroxyl groups excluding tert-OH is 1. The molecule has 4 rings (SSSR count). The lowest BCUT2D eigenvalue weighted by molar-refractivity contribution is -0.137. The van der Waals surface area contributed by atoms with Gasteiger partial charge in [0, 0.05) is 69.9 Å². The number of hydrogen-bond acceptors (Lipinski definition) is 4. The molecular weight excluding hydrogens is 550 g/mol. The molecule has 1 aliphatic rings. The molecule has 0 aliphatic carbocycles. The molecule has 0 amide bonds. The normalized spacial score (nSPS) is 16.6. The molecular formula is C25H31Br2N3O3. The van der Waals surface area contributed by atoms with Crippen molar-refractivity contribution >= 4 is 59.6 Å². The second-order valence-electron chi connectivity index (χ2n) is 8.93. The predicted molar refractivity (Wildman–Crippen MR) is 140 cm³/mol. The number of aliphatic hydroxyl groups is 1. The summed E-state index contributed by atoms with van der Waals surface area (Å²) in [6.07, 6.45) is 2.61. The number of carboxylic acids is 1. The summed E-state index contributed by atoms with van der Waals surface area (Å²) in [5.41, 5.74) is 2.27. The van der Waals surface area contributed by atoms with E-state index in [1.54, 1.807) is 0 Å². The first-order valence-electron chi connectivity index (χ1n) is 11.6. The van der Waals surface area contributed by atoms with Crippen molar-refractivity contribution in [2.45, 2.75) is 38.3 Å². The van der Waals surface area contributed by atoms with Crippen molar-refractivity contribution in [3.63, 3.8) is 0 Å². The van der Waals surface area contributed by atoms with Crippen LogP contribution in [0.1, 0.15) is 25.7 Å². The van der Waals surface area contributed by atoms with Crippen LogP contribution < -0.4 is 0 Å². The zero-order valence-electron chi connectivity index (χ0n) is 18.7. The van der Waals surface area contributed by atoms with Gasteiger partial charge in [-0.2, -0.15) is 0 Å². The summed E-state index contributed by atoms with van der Waals surface area (Å²) in [6, 6.07) is 12.6. The molecule has 2 aromatic carbocycles. The maximum atomic E-state index is 11.0. The summed E-state index contributed by atoms with van der Waals surface area (Å²) in [7, 11) is 0. The van der Waals surface area contributed by atoms with Crippen LogP contribution in [0.3, 0.4) is 0 Å². The third-order valence-corrected chi connectivity index (χ3v) is 7.47. The number of aliphatic carboxylic acids is 1. The average molecular weight is 581 g/mol. The molecule has 3 aromatic rings. The van der Waals surface area contributed by atoms with Crippen LogP contribution in [0.2, 0.25) is 0 Å². The minimum Gasteiger partial charge on any atom is -0.481 e. The van der Waals surface area contributed by atoms with Gasteiger partial charge < -0.3 is 19.7 Å². The molecule has 0 saturated carbocycles. The number of carbonyl (C=O) groups is 1. The van der Waals surface area contributed by atoms with E-state index in [0.29, 0.717) is 13.1 Å². The van der Waals surface area contributed by atoms with Crippen molar-refractivity contribution in [3.05, 3.63) is 45.3 Å². The Labute approximate surface area is 211 Å². The highest BCUT2D eigenvalue weighted by Crippen LogP contribution is 2.33. The number of hydrogen-bond donors (Lipinski definition) is 2. The first kappa shape index (κ1) is 24.7. The molecule has 1 fully saturated rings. The van der Waals surface area contributed by atoms with Crippen molar-refractivity contribution in [2.24, 2.45) is 0 Å².